The van der Waals surface area contributed by atoms with Crippen molar-refractivity contribution < 1.29 is 36.9 Å². The van der Waals surface area contributed by atoms with E-state index in [2.05, 4.69) is 11.0 Å². The molecule has 0 radical (unpaired) electrons. The van der Waals surface area contributed by atoms with Crippen LogP contribution in [0.1, 0.15) is 29.0 Å². The predicted molar refractivity (Wildman–Crippen MR) is 171 cm³/mol. The number of aldehydes is 1. The summed E-state index contributed by atoms with van der Waals surface area (Å²) in [4.78, 5) is 13.9. The quantitative estimate of drug-likeness (QED) is 0.190. The summed E-state index contributed by atoms with van der Waals surface area (Å²) in [5.41, 5.74) is 3.82. The van der Waals surface area contributed by atoms with Crippen molar-refractivity contribution >= 4 is 22.0 Å². The summed E-state index contributed by atoms with van der Waals surface area (Å²) in [5, 5.41) is 0. The minimum Gasteiger partial charge on any atom is -0.497 e. The van der Waals surface area contributed by atoms with E-state index in [1.54, 1.807) is 38.5 Å². The number of carbonyl (C=O) groups is 1. The van der Waals surface area contributed by atoms with Gasteiger partial charge in [-0.05, 0) is 60.9 Å². The molecule has 11 heteroatoms. The van der Waals surface area contributed by atoms with Crippen molar-refractivity contribution in [3.8, 4) is 11.5 Å². The number of hydrogen-bond acceptors (Lipinski definition) is 9. The highest BCUT2D eigenvalue weighted by atomic mass is 32.2. The van der Waals surface area contributed by atoms with Crippen LogP contribution in [0.25, 0.3) is 0 Å². The van der Waals surface area contributed by atoms with Gasteiger partial charge >= 0.3 is 0 Å². The van der Waals surface area contributed by atoms with Crippen molar-refractivity contribution in [2.45, 2.75) is 43.0 Å². The molecule has 0 N–H and O–H groups in total. The highest BCUT2D eigenvalue weighted by Crippen LogP contribution is 2.37. The van der Waals surface area contributed by atoms with Crippen LogP contribution >= 0.6 is 0 Å². The molecule has 2 heterocycles. The van der Waals surface area contributed by atoms with Gasteiger partial charge in [-0.2, -0.15) is 4.31 Å². The summed E-state index contributed by atoms with van der Waals surface area (Å²) in [6.45, 7) is 5.12. The smallest absolute Gasteiger partial charge is 0.243 e. The van der Waals surface area contributed by atoms with Gasteiger partial charge in [0.15, 0.2) is 0 Å². The van der Waals surface area contributed by atoms with Crippen molar-refractivity contribution in [2.75, 3.05) is 65.1 Å². The fourth-order valence-electron chi connectivity index (χ4n) is 5.97. The van der Waals surface area contributed by atoms with Gasteiger partial charge in [0.25, 0.3) is 0 Å². The molecule has 2 aliphatic rings. The Kier molecular flexibility index (Phi) is 11.1. The van der Waals surface area contributed by atoms with Crippen molar-refractivity contribution in [3.63, 3.8) is 0 Å². The molecule has 3 aromatic carbocycles. The molecule has 3 aromatic rings. The number of methoxy groups -OCH3 is 2. The van der Waals surface area contributed by atoms with Gasteiger partial charge in [0.2, 0.25) is 10.0 Å². The second kappa shape index (κ2) is 15.2. The molecule has 0 spiro atoms. The van der Waals surface area contributed by atoms with Gasteiger partial charge in [-0.25, -0.2) is 8.42 Å². The number of fused-ring (bicyclic) bond motifs is 1. The Morgan fingerprint density at radius 3 is 2.38 bits per heavy atom. The minimum absolute atomic E-state index is 0.0766. The van der Waals surface area contributed by atoms with Crippen LogP contribution in [0.2, 0.25) is 0 Å². The van der Waals surface area contributed by atoms with Crippen LogP contribution in [0.15, 0.2) is 71.6 Å². The number of carbonyl (C=O) groups excluding carboxylic acids is 1. The molecule has 0 unspecified atom stereocenters. The van der Waals surface area contributed by atoms with Gasteiger partial charge in [-0.1, -0.05) is 35.9 Å². The van der Waals surface area contributed by atoms with Crippen molar-refractivity contribution in [2.24, 2.45) is 0 Å². The van der Waals surface area contributed by atoms with Gasteiger partial charge in [0.05, 0.1) is 43.1 Å². The Morgan fingerprint density at radius 1 is 0.956 bits per heavy atom. The fraction of sp³-hybridized carbons (Fsp3) is 0.441. The zero-order chi connectivity index (χ0) is 31.8. The Morgan fingerprint density at radius 2 is 1.69 bits per heavy atom. The second-order valence-electron chi connectivity index (χ2n) is 11.3. The normalized spacial score (nSPS) is 20.3. The number of piperidine rings is 1. The number of anilines is 1. The Hall–Kier alpha value is -3.48. The molecule has 0 bridgehead atoms. The maximum Gasteiger partial charge on any atom is 0.243 e. The molecule has 2 aliphatic heterocycles. The van der Waals surface area contributed by atoms with E-state index in [9.17, 15) is 13.2 Å². The number of nitrogens with zero attached hydrogens (tertiary/aromatic N) is 2. The molecule has 1 saturated heterocycles. The first-order valence-electron chi connectivity index (χ1n) is 15.2. The van der Waals surface area contributed by atoms with E-state index in [1.807, 2.05) is 43.3 Å². The standard InChI is InChI=1S/C34H42N2O8S/c1-25-5-12-29(13-6-25)45(38,39)36-22-32(43-20-17-37)34(27-8-10-28(41-3)11-9-27)33(23-36)44-24-26-7-14-31-30(21-26)35(16-19-42-31)15-4-18-40-2/h5-14,17,21,32-34H,4,15-16,18-20,22-24H2,1-3H3/t32-,33+,34+/m1/s1. The average molecular weight is 639 g/mol. The van der Waals surface area contributed by atoms with Crippen LogP contribution in [0.3, 0.4) is 0 Å². The SMILES string of the molecule is COCCCN1CCOc2ccc(CO[C@H]3CN(S(=O)(=O)c4ccc(C)cc4)C[C@@H](OCC=O)[C@@H]3c3ccc(OC)cc3)cc21. The van der Waals surface area contributed by atoms with Crippen LogP contribution in [0.5, 0.6) is 11.5 Å². The summed E-state index contributed by atoms with van der Waals surface area (Å²) in [7, 11) is -0.560. The summed E-state index contributed by atoms with van der Waals surface area (Å²) in [6, 6.07) is 20.4. The lowest BCUT2D eigenvalue weighted by atomic mass is 9.85. The Bertz CT molecular complexity index is 1510. The fourth-order valence-corrected chi connectivity index (χ4v) is 7.44. The first kappa shape index (κ1) is 32.9. The van der Waals surface area contributed by atoms with Crippen molar-refractivity contribution in [3.05, 3.63) is 83.4 Å². The van der Waals surface area contributed by atoms with E-state index in [-0.39, 0.29) is 37.1 Å². The second-order valence-corrected chi connectivity index (χ2v) is 13.2. The number of sulfonamides is 1. The van der Waals surface area contributed by atoms with Crippen LogP contribution in [0, 0.1) is 6.92 Å². The third kappa shape index (κ3) is 7.85. The summed E-state index contributed by atoms with van der Waals surface area (Å²) >= 11 is 0. The van der Waals surface area contributed by atoms with Gasteiger partial charge < -0.3 is 33.4 Å². The molecule has 5 rings (SSSR count). The zero-order valence-electron chi connectivity index (χ0n) is 26.1. The average Bonchev–Trinajstić information content (AvgIpc) is 3.06. The van der Waals surface area contributed by atoms with Crippen LogP contribution in [0.4, 0.5) is 5.69 Å². The monoisotopic (exact) mass is 638 g/mol. The maximum atomic E-state index is 13.9. The molecule has 10 nitrogen and oxygen atoms in total. The molecule has 45 heavy (non-hydrogen) atoms. The van der Waals surface area contributed by atoms with E-state index >= 15 is 0 Å². The highest BCUT2D eigenvalue weighted by molar-refractivity contribution is 7.89. The third-order valence-electron chi connectivity index (χ3n) is 8.33. The van der Waals surface area contributed by atoms with E-state index in [0.717, 1.165) is 47.6 Å². The van der Waals surface area contributed by atoms with Gasteiger partial charge in [0, 0.05) is 39.3 Å². The first-order chi connectivity index (χ1) is 21.8. The summed E-state index contributed by atoms with van der Waals surface area (Å²) < 4.78 is 58.3. The Balaban J connectivity index is 1.45. The number of benzene rings is 3. The molecular weight excluding hydrogens is 596 g/mol. The topological polar surface area (TPSA) is 104 Å². The van der Waals surface area contributed by atoms with Gasteiger partial charge in [0.1, 0.15) is 31.0 Å². The predicted octanol–water partition coefficient (Wildman–Crippen LogP) is 4.20. The molecule has 0 aliphatic carbocycles. The molecule has 0 amide bonds. The largest absolute Gasteiger partial charge is 0.497 e. The Labute approximate surface area is 265 Å². The summed E-state index contributed by atoms with van der Waals surface area (Å²) in [6.07, 6.45) is 0.377. The van der Waals surface area contributed by atoms with Crippen LogP contribution in [-0.4, -0.2) is 91.4 Å². The molecular formula is C34H42N2O8S. The molecule has 0 saturated carbocycles. The maximum absolute atomic E-state index is 13.9. The van der Waals surface area contributed by atoms with Crippen LogP contribution < -0.4 is 14.4 Å². The number of hydrogen-bond donors (Lipinski definition) is 0. The number of aryl methyl sites for hydroxylation is 1. The lowest BCUT2D eigenvalue weighted by Crippen LogP contribution is -2.54. The van der Waals surface area contributed by atoms with E-state index in [0.29, 0.717) is 25.2 Å². The number of ether oxygens (including phenoxy) is 5. The highest BCUT2D eigenvalue weighted by Gasteiger charge is 2.43. The summed E-state index contributed by atoms with van der Waals surface area (Å²) in [5.74, 6) is 1.19. The van der Waals surface area contributed by atoms with Crippen molar-refractivity contribution in [1.29, 1.82) is 0 Å². The van der Waals surface area contributed by atoms with Crippen LogP contribution in [-0.2, 0) is 35.6 Å². The molecule has 3 atom stereocenters. The lowest BCUT2D eigenvalue weighted by Gasteiger charge is -2.43. The molecule has 1 fully saturated rings. The third-order valence-corrected chi connectivity index (χ3v) is 10.2. The van der Waals surface area contributed by atoms with E-state index < -0.39 is 22.2 Å². The minimum atomic E-state index is -3.87. The van der Waals surface area contributed by atoms with Gasteiger partial charge in [-0.15, -0.1) is 0 Å². The molecule has 242 valence electrons. The first-order valence-corrected chi connectivity index (χ1v) is 16.6. The zero-order valence-corrected chi connectivity index (χ0v) is 26.9. The van der Waals surface area contributed by atoms with Crippen molar-refractivity contribution in [1.82, 2.24) is 4.31 Å². The van der Waals surface area contributed by atoms with E-state index in [4.69, 9.17) is 23.7 Å². The van der Waals surface area contributed by atoms with E-state index in [1.165, 1.54) is 4.31 Å². The van der Waals surface area contributed by atoms with Gasteiger partial charge in [-0.3, -0.25) is 0 Å². The number of rotatable bonds is 14. The molecule has 0 aromatic heterocycles. The lowest BCUT2D eigenvalue weighted by molar-refractivity contribution is -0.119.